The molecule has 0 radical (unpaired) electrons. The highest BCUT2D eigenvalue weighted by molar-refractivity contribution is 5.97. The van der Waals surface area contributed by atoms with E-state index in [9.17, 15) is 9.59 Å². The molecule has 1 aliphatic rings. The summed E-state index contributed by atoms with van der Waals surface area (Å²) in [5.74, 6) is -0.00103. The first kappa shape index (κ1) is 22.5. The number of nitrogens with one attached hydrogen (secondary N) is 2. The molecule has 1 aliphatic carbocycles. The number of amides is 2. The molecule has 0 heterocycles. The minimum atomic E-state index is -0.373. The maximum atomic E-state index is 12.4. The second kappa shape index (κ2) is 10.5. The minimum absolute atomic E-state index is 0. The molecule has 146 valence electrons. The van der Waals surface area contributed by atoms with Gasteiger partial charge in [-0.25, -0.2) is 0 Å². The molecule has 0 saturated heterocycles. The SMILES string of the molecule is CCC(N)(CC)CNC(=O)c1cccc(NC(=O)C2CCCCC2)c1.Cl. The normalized spacial score (nSPS) is 15.0. The maximum absolute atomic E-state index is 12.4. The van der Waals surface area contributed by atoms with E-state index in [2.05, 4.69) is 10.6 Å². The van der Waals surface area contributed by atoms with Gasteiger partial charge in [-0.3, -0.25) is 9.59 Å². The number of carbonyl (C=O) groups excluding carboxylic acids is 2. The third kappa shape index (κ3) is 6.29. The summed E-state index contributed by atoms with van der Waals surface area (Å²) < 4.78 is 0. The highest BCUT2D eigenvalue weighted by Gasteiger charge is 2.22. The Kier molecular flexibility index (Phi) is 9.09. The number of carbonyl (C=O) groups is 2. The molecule has 0 aromatic heterocycles. The zero-order chi connectivity index (χ0) is 18.3. The van der Waals surface area contributed by atoms with Gasteiger partial charge in [0.25, 0.3) is 5.91 Å². The zero-order valence-electron chi connectivity index (χ0n) is 15.8. The molecule has 1 aromatic carbocycles. The second-order valence-electron chi connectivity index (χ2n) is 7.16. The monoisotopic (exact) mass is 381 g/mol. The average Bonchev–Trinajstić information content (AvgIpc) is 2.66. The third-order valence-electron chi connectivity index (χ3n) is 5.38. The van der Waals surface area contributed by atoms with E-state index >= 15 is 0 Å². The van der Waals surface area contributed by atoms with Crippen molar-refractivity contribution in [3.05, 3.63) is 29.8 Å². The summed E-state index contributed by atoms with van der Waals surface area (Å²) in [6.07, 6.45) is 6.99. The van der Waals surface area contributed by atoms with Gasteiger partial charge < -0.3 is 16.4 Å². The zero-order valence-corrected chi connectivity index (χ0v) is 16.7. The van der Waals surface area contributed by atoms with Gasteiger partial charge in [0, 0.05) is 29.3 Å². The smallest absolute Gasteiger partial charge is 0.251 e. The summed E-state index contributed by atoms with van der Waals surface area (Å²) in [6, 6.07) is 7.09. The lowest BCUT2D eigenvalue weighted by Gasteiger charge is -2.26. The number of rotatable bonds is 7. The van der Waals surface area contributed by atoms with Gasteiger partial charge in [-0.05, 0) is 43.9 Å². The largest absolute Gasteiger partial charge is 0.350 e. The molecule has 0 unspecified atom stereocenters. The van der Waals surface area contributed by atoms with E-state index in [1.54, 1.807) is 18.2 Å². The Bertz CT molecular complexity index is 596. The van der Waals surface area contributed by atoms with Crippen molar-refractivity contribution in [1.29, 1.82) is 0 Å². The molecule has 2 rings (SSSR count). The van der Waals surface area contributed by atoms with Crippen molar-refractivity contribution in [3.8, 4) is 0 Å². The standard InChI is InChI=1S/C20H31N3O2.ClH/c1-3-20(21,4-2)14-22-18(24)16-11-8-12-17(13-16)23-19(25)15-9-6-5-7-10-15;/h8,11-13,15H,3-7,9-10,14,21H2,1-2H3,(H,22,24)(H,23,25);1H. The van der Waals surface area contributed by atoms with E-state index in [1.807, 2.05) is 19.9 Å². The average molecular weight is 382 g/mol. The molecule has 0 aliphatic heterocycles. The first-order valence-electron chi connectivity index (χ1n) is 9.45. The first-order valence-corrected chi connectivity index (χ1v) is 9.45. The van der Waals surface area contributed by atoms with Gasteiger partial charge in [-0.15, -0.1) is 12.4 Å². The van der Waals surface area contributed by atoms with Crippen LogP contribution in [0.2, 0.25) is 0 Å². The predicted octanol–water partition coefficient (Wildman–Crippen LogP) is 3.87. The van der Waals surface area contributed by atoms with Crippen molar-refractivity contribution < 1.29 is 9.59 Å². The van der Waals surface area contributed by atoms with Crippen molar-refractivity contribution in [1.82, 2.24) is 5.32 Å². The van der Waals surface area contributed by atoms with Crippen LogP contribution >= 0.6 is 12.4 Å². The van der Waals surface area contributed by atoms with Gasteiger partial charge in [0.1, 0.15) is 0 Å². The summed E-state index contributed by atoms with van der Waals surface area (Å²) in [5.41, 5.74) is 7.07. The van der Waals surface area contributed by atoms with E-state index in [1.165, 1.54) is 6.42 Å². The van der Waals surface area contributed by atoms with Gasteiger partial charge in [0.05, 0.1) is 0 Å². The minimum Gasteiger partial charge on any atom is -0.350 e. The number of hydrogen-bond donors (Lipinski definition) is 3. The van der Waals surface area contributed by atoms with Gasteiger partial charge in [0.15, 0.2) is 0 Å². The van der Waals surface area contributed by atoms with Gasteiger partial charge >= 0.3 is 0 Å². The lowest BCUT2D eigenvalue weighted by Crippen LogP contribution is -2.49. The summed E-state index contributed by atoms with van der Waals surface area (Å²) in [7, 11) is 0. The lowest BCUT2D eigenvalue weighted by atomic mass is 9.88. The third-order valence-corrected chi connectivity index (χ3v) is 5.38. The van der Waals surface area contributed by atoms with Crippen molar-refractivity contribution in [2.45, 2.75) is 64.3 Å². The molecule has 26 heavy (non-hydrogen) atoms. The fourth-order valence-electron chi connectivity index (χ4n) is 3.21. The van der Waals surface area contributed by atoms with Crippen LogP contribution in [0.4, 0.5) is 5.69 Å². The first-order chi connectivity index (χ1) is 12.0. The predicted molar refractivity (Wildman–Crippen MR) is 109 cm³/mol. The van der Waals surface area contributed by atoms with Crippen LogP contribution in [0.5, 0.6) is 0 Å². The fraction of sp³-hybridized carbons (Fsp3) is 0.600. The lowest BCUT2D eigenvalue weighted by molar-refractivity contribution is -0.120. The molecule has 5 nitrogen and oxygen atoms in total. The Morgan fingerprint density at radius 2 is 1.81 bits per heavy atom. The summed E-state index contributed by atoms with van der Waals surface area (Å²) in [5, 5.41) is 5.87. The summed E-state index contributed by atoms with van der Waals surface area (Å²) >= 11 is 0. The Morgan fingerprint density at radius 1 is 1.15 bits per heavy atom. The Morgan fingerprint density at radius 3 is 2.42 bits per heavy atom. The van der Waals surface area contributed by atoms with Crippen LogP contribution < -0.4 is 16.4 Å². The molecule has 1 fully saturated rings. The van der Waals surface area contributed by atoms with E-state index in [-0.39, 0.29) is 35.7 Å². The van der Waals surface area contributed by atoms with Gasteiger partial charge in [0.2, 0.25) is 5.91 Å². The summed E-state index contributed by atoms with van der Waals surface area (Å²) in [4.78, 5) is 24.7. The van der Waals surface area contributed by atoms with Crippen LogP contribution in [0.3, 0.4) is 0 Å². The highest BCUT2D eigenvalue weighted by atomic mass is 35.5. The van der Waals surface area contributed by atoms with E-state index < -0.39 is 0 Å². The molecule has 2 amide bonds. The molecule has 6 heteroatoms. The molecular formula is C20H32ClN3O2. The molecule has 1 aromatic rings. The number of hydrogen-bond acceptors (Lipinski definition) is 3. The Hall–Kier alpha value is -1.59. The Labute approximate surface area is 162 Å². The topological polar surface area (TPSA) is 84.2 Å². The van der Waals surface area contributed by atoms with E-state index in [0.717, 1.165) is 38.5 Å². The van der Waals surface area contributed by atoms with Crippen LogP contribution in [0.1, 0.15) is 69.2 Å². The summed E-state index contributed by atoms with van der Waals surface area (Å²) in [6.45, 7) is 4.49. The van der Waals surface area contributed by atoms with Crippen molar-refractivity contribution in [2.75, 3.05) is 11.9 Å². The van der Waals surface area contributed by atoms with E-state index in [0.29, 0.717) is 17.8 Å². The quantitative estimate of drug-likeness (QED) is 0.670. The Balaban J connectivity index is 0.00000338. The van der Waals surface area contributed by atoms with Crippen molar-refractivity contribution in [2.24, 2.45) is 11.7 Å². The van der Waals surface area contributed by atoms with Crippen LogP contribution in [0.15, 0.2) is 24.3 Å². The van der Waals surface area contributed by atoms with E-state index in [4.69, 9.17) is 5.73 Å². The molecule has 0 bridgehead atoms. The maximum Gasteiger partial charge on any atom is 0.251 e. The molecule has 4 N–H and O–H groups in total. The fourth-order valence-corrected chi connectivity index (χ4v) is 3.21. The van der Waals surface area contributed by atoms with Crippen LogP contribution in [0.25, 0.3) is 0 Å². The highest BCUT2D eigenvalue weighted by Crippen LogP contribution is 2.25. The molecule has 1 saturated carbocycles. The van der Waals surface area contributed by atoms with Gasteiger partial charge in [-0.2, -0.15) is 0 Å². The number of nitrogens with two attached hydrogens (primary N) is 1. The second-order valence-corrected chi connectivity index (χ2v) is 7.16. The van der Waals surface area contributed by atoms with Crippen LogP contribution in [-0.2, 0) is 4.79 Å². The number of anilines is 1. The van der Waals surface area contributed by atoms with Crippen molar-refractivity contribution >= 4 is 29.9 Å². The van der Waals surface area contributed by atoms with Gasteiger partial charge in [-0.1, -0.05) is 39.2 Å². The number of halogens is 1. The van der Waals surface area contributed by atoms with Crippen LogP contribution in [0, 0.1) is 5.92 Å². The molecule has 0 spiro atoms. The van der Waals surface area contributed by atoms with Crippen molar-refractivity contribution in [3.63, 3.8) is 0 Å². The number of benzene rings is 1. The molecule has 0 atom stereocenters. The molecular weight excluding hydrogens is 350 g/mol. The van der Waals surface area contributed by atoms with Crippen LogP contribution in [-0.4, -0.2) is 23.9 Å².